The average Bonchev–Trinajstić information content (AvgIpc) is 2.63. The normalized spacial score (nSPS) is 12.9. The maximum Gasteiger partial charge on any atom is 0.146 e. The fourth-order valence-electron chi connectivity index (χ4n) is 1.74. The van der Waals surface area contributed by atoms with Gasteiger partial charge < -0.3 is 15.0 Å². The Morgan fingerprint density at radius 3 is 2.94 bits per heavy atom. The summed E-state index contributed by atoms with van der Waals surface area (Å²) in [6.45, 7) is 2.13. The molecule has 0 aliphatic carbocycles. The van der Waals surface area contributed by atoms with Gasteiger partial charge in [-0.2, -0.15) is 0 Å². The monoisotopic (exact) mass is 346 g/mol. The van der Waals surface area contributed by atoms with Gasteiger partial charge in [-0.3, -0.25) is 0 Å². The van der Waals surface area contributed by atoms with Crippen molar-refractivity contribution in [3.63, 3.8) is 0 Å². The van der Waals surface area contributed by atoms with Crippen molar-refractivity contribution in [2.75, 3.05) is 11.9 Å². The number of aliphatic hydroxyl groups is 1. The van der Waals surface area contributed by atoms with Crippen LogP contribution in [0.15, 0.2) is 12.5 Å². The van der Waals surface area contributed by atoms with Crippen molar-refractivity contribution in [2.45, 2.75) is 19.4 Å². The SMILES string of the molecule is CCC(CO)Nc1ncnc2c1c(I)cn2C. The Balaban J connectivity index is 2.47. The Kier molecular flexibility index (Phi) is 3.82. The molecule has 2 N–H and O–H groups in total. The quantitative estimate of drug-likeness (QED) is 0.829. The molecule has 92 valence electrons. The van der Waals surface area contributed by atoms with E-state index in [0.717, 1.165) is 26.8 Å². The van der Waals surface area contributed by atoms with Crippen LogP contribution in [0, 0.1) is 3.57 Å². The molecule has 0 saturated heterocycles. The van der Waals surface area contributed by atoms with Crippen molar-refractivity contribution in [3.8, 4) is 0 Å². The number of hydrogen-bond donors (Lipinski definition) is 2. The molecule has 2 rings (SSSR count). The van der Waals surface area contributed by atoms with Crippen LogP contribution < -0.4 is 5.32 Å². The van der Waals surface area contributed by atoms with Gasteiger partial charge in [-0.25, -0.2) is 9.97 Å². The summed E-state index contributed by atoms with van der Waals surface area (Å²) in [6.07, 6.45) is 4.42. The van der Waals surface area contributed by atoms with Gasteiger partial charge in [0.1, 0.15) is 17.8 Å². The average molecular weight is 346 g/mol. The molecule has 0 amide bonds. The molecule has 5 nitrogen and oxygen atoms in total. The maximum absolute atomic E-state index is 9.22. The molecule has 2 aromatic heterocycles. The molecule has 2 heterocycles. The summed E-state index contributed by atoms with van der Waals surface area (Å²) in [4.78, 5) is 8.53. The number of aromatic nitrogens is 3. The highest BCUT2D eigenvalue weighted by molar-refractivity contribution is 14.1. The van der Waals surface area contributed by atoms with E-state index in [-0.39, 0.29) is 12.6 Å². The van der Waals surface area contributed by atoms with Crippen molar-refractivity contribution in [2.24, 2.45) is 7.05 Å². The number of hydrogen-bond acceptors (Lipinski definition) is 4. The first-order valence-corrected chi connectivity index (χ1v) is 6.58. The zero-order valence-corrected chi connectivity index (χ0v) is 12.0. The predicted molar refractivity (Wildman–Crippen MR) is 76.0 cm³/mol. The second-order valence-electron chi connectivity index (χ2n) is 3.94. The van der Waals surface area contributed by atoms with E-state index in [2.05, 4.69) is 37.9 Å². The molecule has 0 aliphatic heterocycles. The number of nitrogens with one attached hydrogen (secondary N) is 1. The topological polar surface area (TPSA) is 63.0 Å². The molecule has 17 heavy (non-hydrogen) atoms. The molecule has 0 bridgehead atoms. The summed E-state index contributed by atoms with van der Waals surface area (Å²) in [5.41, 5.74) is 0.902. The predicted octanol–water partition coefficient (Wildman–Crippen LogP) is 1.76. The number of anilines is 1. The van der Waals surface area contributed by atoms with Crippen molar-refractivity contribution in [1.29, 1.82) is 0 Å². The van der Waals surface area contributed by atoms with Crippen LogP contribution in [0.5, 0.6) is 0 Å². The van der Waals surface area contributed by atoms with Crippen LogP contribution in [0.25, 0.3) is 11.0 Å². The third kappa shape index (κ3) is 2.37. The van der Waals surface area contributed by atoms with E-state index in [0.29, 0.717) is 0 Å². The van der Waals surface area contributed by atoms with Crippen molar-refractivity contribution < 1.29 is 5.11 Å². The molecule has 0 saturated carbocycles. The number of rotatable bonds is 4. The lowest BCUT2D eigenvalue weighted by atomic mass is 10.2. The molecule has 1 atom stereocenters. The summed E-state index contributed by atoms with van der Waals surface area (Å²) in [5.74, 6) is 0.793. The Morgan fingerprint density at radius 1 is 1.53 bits per heavy atom. The lowest BCUT2D eigenvalue weighted by molar-refractivity contribution is 0.271. The van der Waals surface area contributed by atoms with Crippen molar-refractivity contribution >= 4 is 39.4 Å². The van der Waals surface area contributed by atoms with E-state index in [1.807, 2.05) is 24.7 Å². The fourth-order valence-corrected chi connectivity index (χ4v) is 2.65. The minimum absolute atomic E-state index is 0.0316. The summed E-state index contributed by atoms with van der Waals surface area (Å²) in [6, 6.07) is 0.0316. The van der Waals surface area contributed by atoms with Crippen molar-refractivity contribution in [1.82, 2.24) is 14.5 Å². The minimum Gasteiger partial charge on any atom is -0.394 e. The van der Waals surface area contributed by atoms with Crippen LogP contribution in [-0.2, 0) is 7.05 Å². The van der Waals surface area contributed by atoms with Crippen LogP contribution in [-0.4, -0.2) is 32.3 Å². The molecule has 0 aliphatic rings. The first-order chi connectivity index (χ1) is 8.17. The van der Waals surface area contributed by atoms with Gasteiger partial charge in [0.2, 0.25) is 0 Å². The summed E-state index contributed by atoms with van der Waals surface area (Å²) >= 11 is 2.27. The van der Waals surface area contributed by atoms with Gasteiger partial charge >= 0.3 is 0 Å². The summed E-state index contributed by atoms with van der Waals surface area (Å²) < 4.78 is 3.08. The highest BCUT2D eigenvalue weighted by Gasteiger charge is 2.13. The summed E-state index contributed by atoms with van der Waals surface area (Å²) in [7, 11) is 1.96. The van der Waals surface area contributed by atoms with E-state index < -0.39 is 0 Å². The smallest absolute Gasteiger partial charge is 0.146 e. The zero-order valence-electron chi connectivity index (χ0n) is 9.81. The molecular formula is C11H15IN4O. The zero-order chi connectivity index (χ0) is 12.4. The Hall–Kier alpha value is -0.890. The third-order valence-corrected chi connectivity index (χ3v) is 3.58. The fraction of sp³-hybridized carbons (Fsp3) is 0.455. The van der Waals surface area contributed by atoms with Gasteiger partial charge in [0.25, 0.3) is 0 Å². The van der Waals surface area contributed by atoms with Crippen LogP contribution in [0.2, 0.25) is 0 Å². The molecule has 0 radical (unpaired) electrons. The number of halogens is 1. The van der Waals surface area contributed by atoms with Gasteiger partial charge in [-0.15, -0.1) is 0 Å². The first-order valence-electron chi connectivity index (χ1n) is 5.50. The molecule has 0 spiro atoms. The molecule has 1 unspecified atom stereocenters. The van der Waals surface area contributed by atoms with Gasteiger partial charge in [-0.1, -0.05) is 6.92 Å². The van der Waals surface area contributed by atoms with E-state index in [1.165, 1.54) is 0 Å². The Labute approximate surface area is 113 Å². The number of aliphatic hydroxyl groups excluding tert-OH is 1. The van der Waals surface area contributed by atoms with Gasteiger partial charge in [0, 0.05) is 16.8 Å². The number of fused-ring (bicyclic) bond motifs is 1. The largest absolute Gasteiger partial charge is 0.394 e. The van der Waals surface area contributed by atoms with E-state index in [9.17, 15) is 5.11 Å². The maximum atomic E-state index is 9.22. The van der Waals surface area contributed by atoms with E-state index in [1.54, 1.807) is 6.33 Å². The molecule has 2 aromatic rings. The lowest BCUT2D eigenvalue weighted by Gasteiger charge is -2.15. The van der Waals surface area contributed by atoms with Gasteiger partial charge in [0.05, 0.1) is 18.0 Å². The van der Waals surface area contributed by atoms with Crippen molar-refractivity contribution in [3.05, 3.63) is 16.1 Å². The number of nitrogens with zero attached hydrogens (tertiary/aromatic N) is 3. The standard InChI is InChI=1S/C11H15IN4O/c1-3-7(5-17)15-10-9-8(12)4-16(2)11(9)14-6-13-10/h4,6-7,17H,3,5H2,1-2H3,(H,13,14,15). The second kappa shape index (κ2) is 5.18. The minimum atomic E-state index is 0.0316. The van der Waals surface area contributed by atoms with Crippen LogP contribution >= 0.6 is 22.6 Å². The Bertz CT molecular complexity index is 521. The Morgan fingerprint density at radius 2 is 2.29 bits per heavy atom. The van der Waals surface area contributed by atoms with Crippen LogP contribution in [0.3, 0.4) is 0 Å². The van der Waals surface area contributed by atoms with Crippen LogP contribution in [0.1, 0.15) is 13.3 Å². The van der Waals surface area contributed by atoms with E-state index in [4.69, 9.17) is 0 Å². The number of aryl methyl sites for hydroxylation is 1. The third-order valence-electron chi connectivity index (χ3n) is 2.76. The van der Waals surface area contributed by atoms with Gasteiger partial charge in [0.15, 0.2) is 0 Å². The highest BCUT2D eigenvalue weighted by Crippen LogP contribution is 2.26. The molecular weight excluding hydrogens is 331 g/mol. The summed E-state index contributed by atoms with van der Waals surface area (Å²) in [5, 5.41) is 13.5. The van der Waals surface area contributed by atoms with Gasteiger partial charge in [-0.05, 0) is 29.0 Å². The molecule has 6 heteroatoms. The highest BCUT2D eigenvalue weighted by atomic mass is 127. The second-order valence-corrected chi connectivity index (χ2v) is 5.10. The van der Waals surface area contributed by atoms with E-state index >= 15 is 0 Å². The molecule has 0 aromatic carbocycles. The first kappa shape index (κ1) is 12.6. The van der Waals surface area contributed by atoms with Crippen LogP contribution in [0.4, 0.5) is 5.82 Å². The lowest BCUT2D eigenvalue weighted by Crippen LogP contribution is -2.23. The molecule has 0 fully saturated rings.